The SMILES string of the molecule is Cc1c(-c2nc(C(=O)O)cs2)oc2cccc(O)c12. The van der Waals surface area contributed by atoms with Crippen LogP contribution in [0.5, 0.6) is 5.75 Å². The van der Waals surface area contributed by atoms with E-state index < -0.39 is 5.97 Å². The van der Waals surface area contributed by atoms with Crippen LogP contribution in [0.3, 0.4) is 0 Å². The minimum atomic E-state index is -1.07. The number of rotatable bonds is 2. The maximum Gasteiger partial charge on any atom is 0.355 e. The number of thiazole rings is 1. The molecule has 3 aromatic rings. The molecule has 1 aromatic carbocycles. The van der Waals surface area contributed by atoms with Gasteiger partial charge in [-0.2, -0.15) is 0 Å². The van der Waals surface area contributed by atoms with E-state index in [2.05, 4.69) is 4.98 Å². The number of hydrogen-bond acceptors (Lipinski definition) is 5. The fraction of sp³-hybridized carbons (Fsp3) is 0.0769. The van der Waals surface area contributed by atoms with Crippen molar-refractivity contribution in [2.75, 3.05) is 0 Å². The number of furan rings is 1. The van der Waals surface area contributed by atoms with Gasteiger partial charge in [0, 0.05) is 10.9 Å². The lowest BCUT2D eigenvalue weighted by Gasteiger charge is -1.93. The van der Waals surface area contributed by atoms with E-state index in [0.29, 0.717) is 21.7 Å². The van der Waals surface area contributed by atoms with Gasteiger partial charge in [0.05, 0.1) is 5.39 Å². The van der Waals surface area contributed by atoms with Crippen LogP contribution in [0.2, 0.25) is 0 Å². The number of fused-ring (bicyclic) bond motifs is 1. The van der Waals surface area contributed by atoms with Gasteiger partial charge in [0.25, 0.3) is 0 Å². The number of carboxylic acid groups (broad SMARTS) is 1. The molecule has 0 aliphatic rings. The van der Waals surface area contributed by atoms with Crippen molar-refractivity contribution in [3.8, 4) is 16.5 Å². The maximum absolute atomic E-state index is 10.8. The molecule has 2 heterocycles. The predicted octanol–water partition coefficient (Wildman–Crippen LogP) is 3.27. The summed E-state index contributed by atoms with van der Waals surface area (Å²) in [6.07, 6.45) is 0. The van der Waals surface area contributed by atoms with Crippen LogP contribution in [0, 0.1) is 6.92 Å². The average molecular weight is 275 g/mol. The van der Waals surface area contributed by atoms with Gasteiger partial charge in [-0.15, -0.1) is 11.3 Å². The van der Waals surface area contributed by atoms with Crippen LogP contribution >= 0.6 is 11.3 Å². The number of aromatic nitrogens is 1. The lowest BCUT2D eigenvalue weighted by atomic mass is 10.1. The van der Waals surface area contributed by atoms with Crippen molar-refractivity contribution in [2.45, 2.75) is 6.92 Å². The molecule has 0 fully saturated rings. The van der Waals surface area contributed by atoms with E-state index in [9.17, 15) is 9.90 Å². The fourth-order valence-corrected chi connectivity index (χ4v) is 2.79. The first-order chi connectivity index (χ1) is 9.08. The van der Waals surface area contributed by atoms with E-state index in [1.807, 2.05) is 6.92 Å². The summed E-state index contributed by atoms with van der Waals surface area (Å²) >= 11 is 1.20. The van der Waals surface area contributed by atoms with Crippen LogP contribution in [-0.4, -0.2) is 21.2 Å². The molecule has 0 aliphatic carbocycles. The molecule has 2 N–H and O–H groups in total. The molecule has 0 saturated carbocycles. The molecule has 0 atom stereocenters. The van der Waals surface area contributed by atoms with Gasteiger partial charge in [0.2, 0.25) is 0 Å². The lowest BCUT2D eigenvalue weighted by molar-refractivity contribution is 0.0691. The molecule has 0 aliphatic heterocycles. The Bertz CT molecular complexity index is 787. The minimum Gasteiger partial charge on any atom is -0.507 e. The van der Waals surface area contributed by atoms with Crippen LogP contribution in [0.25, 0.3) is 21.7 Å². The monoisotopic (exact) mass is 275 g/mol. The Kier molecular flexibility index (Phi) is 2.53. The smallest absolute Gasteiger partial charge is 0.355 e. The van der Waals surface area contributed by atoms with Crippen molar-refractivity contribution in [1.29, 1.82) is 0 Å². The second-order valence-electron chi connectivity index (χ2n) is 4.05. The van der Waals surface area contributed by atoms with Gasteiger partial charge < -0.3 is 14.6 Å². The standard InChI is InChI=1S/C13H9NO4S/c1-6-10-8(15)3-2-4-9(10)18-11(6)12-14-7(5-19-12)13(16)17/h2-5,15H,1H3,(H,16,17). The first-order valence-corrected chi connectivity index (χ1v) is 6.36. The van der Waals surface area contributed by atoms with Gasteiger partial charge in [0.15, 0.2) is 16.5 Å². The van der Waals surface area contributed by atoms with Crippen molar-refractivity contribution < 1.29 is 19.4 Å². The van der Waals surface area contributed by atoms with Gasteiger partial charge >= 0.3 is 5.97 Å². The Labute approximate surface area is 111 Å². The van der Waals surface area contributed by atoms with Gasteiger partial charge in [-0.05, 0) is 19.1 Å². The number of aromatic carboxylic acids is 1. The van der Waals surface area contributed by atoms with Crippen LogP contribution in [0.4, 0.5) is 0 Å². The molecule has 0 amide bonds. The molecule has 0 saturated heterocycles. The second-order valence-corrected chi connectivity index (χ2v) is 4.91. The summed E-state index contributed by atoms with van der Waals surface area (Å²) in [5.74, 6) is -0.437. The normalized spacial score (nSPS) is 11.0. The summed E-state index contributed by atoms with van der Waals surface area (Å²) in [5.41, 5.74) is 1.29. The summed E-state index contributed by atoms with van der Waals surface area (Å²) in [6, 6.07) is 5.02. The van der Waals surface area contributed by atoms with Crippen molar-refractivity contribution in [2.24, 2.45) is 0 Å². The van der Waals surface area contributed by atoms with Gasteiger partial charge in [-0.1, -0.05) is 6.07 Å². The van der Waals surface area contributed by atoms with Crippen molar-refractivity contribution in [3.05, 3.63) is 34.8 Å². The molecule has 0 unspecified atom stereocenters. The second kappa shape index (κ2) is 4.10. The van der Waals surface area contributed by atoms with Gasteiger partial charge in [0.1, 0.15) is 11.3 Å². The molecule has 3 rings (SSSR count). The Balaban J connectivity index is 2.22. The highest BCUT2D eigenvalue weighted by Gasteiger charge is 2.19. The first-order valence-electron chi connectivity index (χ1n) is 5.48. The van der Waals surface area contributed by atoms with E-state index in [1.165, 1.54) is 16.7 Å². The summed E-state index contributed by atoms with van der Waals surface area (Å²) in [4.78, 5) is 14.8. The summed E-state index contributed by atoms with van der Waals surface area (Å²) in [7, 11) is 0. The third-order valence-electron chi connectivity index (χ3n) is 2.85. The quantitative estimate of drug-likeness (QED) is 0.750. The Hall–Kier alpha value is -2.34. The maximum atomic E-state index is 10.8. The van der Waals surface area contributed by atoms with Crippen LogP contribution in [0.1, 0.15) is 16.1 Å². The van der Waals surface area contributed by atoms with Crippen molar-refractivity contribution in [1.82, 2.24) is 4.98 Å². The number of phenolic OH excluding ortho intramolecular Hbond substituents is 1. The number of hydrogen-bond donors (Lipinski definition) is 2. The molecule has 5 nitrogen and oxygen atoms in total. The van der Waals surface area contributed by atoms with E-state index >= 15 is 0 Å². The molecule has 0 spiro atoms. The molecule has 2 aromatic heterocycles. The zero-order valence-corrected chi connectivity index (χ0v) is 10.7. The third kappa shape index (κ3) is 1.77. The highest BCUT2D eigenvalue weighted by atomic mass is 32.1. The van der Waals surface area contributed by atoms with Gasteiger partial charge in [-0.25, -0.2) is 9.78 Å². The highest BCUT2D eigenvalue weighted by molar-refractivity contribution is 7.13. The van der Waals surface area contributed by atoms with E-state index in [0.717, 1.165) is 5.56 Å². The fourth-order valence-electron chi connectivity index (χ4n) is 1.96. The van der Waals surface area contributed by atoms with E-state index in [4.69, 9.17) is 9.52 Å². The topological polar surface area (TPSA) is 83.6 Å². The molecular formula is C13H9NO4S. The number of benzene rings is 1. The zero-order valence-electron chi connectivity index (χ0n) is 9.88. The molecular weight excluding hydrogens is 266 g/mol. The van der Waals surface area contributed by atoms with E-state index in [1.54, 1.807) is 18.2 Å². The minimum absolute atomic E-state index is 0.0101. The molecule has 0 radical (unpaired) electrons. The zero-order chi connectivity index (χ0) is 13.6. The van der Waals surface area contributed by atoms with Crippen LogP contribution in [0.15, 0.2) is 28.0 Å². The highest BCUT2D eigenvalue weighted by Crippen LogP contribution is 2.38. The number of carbonyl (C=O) groups is 1. The summed E-state index contributed by atoms with van der Waals surface area (Å²) < 4.78 is 5.65. The van der Waals surface area contributed by atoms with Crippen LogP contribution in [-0.2, 0) is 0 Å². The molecule has 6 heteroatoms. The summed E-state index contributed by atoms with van der Waals surface area (Å²) in [6.45, 7) is 1.81. The van der Waals surface area contributed by atoms with E-state index in [-0.39, 0.29) is 11.4 Å². The molecule has 0 bridgehead atoms. The number of aryl methyl sites for hydroxylation is 1. The average Bonchev–Trinajstić information content (AvgIpc) is 2.95. The largest absolute Gasteiger partial charge is 0.507 e. The predicted molar refractivity (Wildman–Crippen MR) is 70.7 cm³/mol. The molecule has 96 valence electrons. The Morgan fingerprint density at radius 2 is 2.21 bits per heavy atom. The number of nitrogens with zero attached hydrogens (tertiary/aromatic N) is 1. The first kappa shape index (κ1) is 11.7. The third-order valence-corrected chi connectivity index (χ3v) is 3.69. The number of aromatic hydroxyl groups is 1. The summed E-state index contributed by atoms with van der Waals surface area (Å²) in [5, 5.41) is 21.3. The number of carboxylic acids is 1. The van der Waals surface area contributed by atoms with Crippen molar-refractivity contribution >= 4 is 28.3 Å². The van der Waals surface area contributed by atoms with Crippen LogP contribution < -0.4 is 0 Å². The Morgan fingerprint density at radius 1 is 1.42 bits per heavy atom. The lowest BCUT2D eigenvalue weighted by Crippen LogP contribution is -1.95. The molecule has 19 heavy (non-hydrogen) atoms. The Morgan fingerprint density at radius 3 is 2.84 bits per heavy atom. The van der Waals surface area contributed by atoms with Gasteiger partial charge in [-0.3, -0.25) is 0 Å². The van der Waals surface area contributed by atoms with Crippen molar-refractivity contribution in [3.63, 3.8) is 0 Å². The number of phenols is 1.